The first-order valence-electron chi connectivity index (χ1n) is 7.54. The fraction of sp³-hybridized carbons (Fsp3) is 0.562. The second-order valence-corrected chi connectivity index (χ2v) is 5.84. The summed E-state index contributed by atoms with van der Waals surface area (Å²) < 4.78 is 10.7. The van der Waals surface area contributed by atoms with Crippen LogP contribution in [-0.2, 0) is 11.2 Å². The summed E-state index contributed by atoms with van der Waals surface area (Å²) in [6.45, 7) is 3.32. The van der Waals surface area contributed by atoms with E-state index in [1.807, 2.05) is 30.1 Å². The van der Waals surface area contributed by atoms with E-state index in [0.29, 0.717) is 6.79 Å². The minimum Gasteiger partial charge on any atom is -0.454 e. The fourth-order valence-electron chi connectivity index (χ4n) is 2.90. The number of likely N-dealkylation sites (N-methyl/N-ethyl adjacent to an activating group) is 1. The molecule has 1 N–H and O–H groups in total. The van der Waals surface area contributed by atoms with Gasteiger partial charge in [0.2, 0.25) is 12.7 Å². The summed E-state index contributed by atoms with van der Waals surface area (Å²) in [5.41, 5.74) is 1.16. The number of nitrogens with one attached hydrogen (secondary N) is 1. The summed E-state index contributed by atoms with van der Waals surface area (Å²) in [6.07, 6.45) is 2.84. The predicted octanol–water partition coefficient (Wildman–Crippen LogP) is 1.56. The number of fused-ring (bicyclic) bond motifs is 1. The maximum atomic E-state index is 12.4. The second kappa shape index (κ2) is 5.93. The van der Waals surface area contributed by atoms with E-state index in [4.69, 9.17) is 9.47 Å². The molecule has 1 aromatic carbocycles. The quantitative estimate of drug-likeness (QED) is 0.914. The van der Waals surface area contributed by atoms with Gasteiger partial charge in [0.05, 0.1) is 6.04 Å². The topological polar surface area (TPSA) is 50.8 Å². The van der Waals surface area contributed by atoms with Gasteiger partial charge in [-0.3, -0.25) is 4.79 Å². The third-order valence-electron chi connectivity index (χ3n) is 4.34. The Morgan fingerprint density at radius 2 is 2.24 bits per heavy atom. The number of hydrogen-bond donors (Lipinski definition) is 1. The molecule has 114 valence electrons. The van der Waals surface area contributed by atoms with Gasteiger partial charge in [-0.05, 0) is 50.4 Å². The Morgan fingerprint density at radius 3 is 3.00 bits per heavy atom. The molecule has 5 heteroatoms. The number of carbonyl (C=O) groups is 1. The van der Waals surface area contributed by atoms with Crippen LogP contribution in [0.3, 0.4) is 0 Å². The lowest BCUT2D eigenvalue weighted by atomic mass is 10.0. The van der Waals surface area contributed by atoms with Crippen molar-refractivity contribution in [2.75, 3.05) is 20.4 Å². The van der Waals surface area contributed by atoms with Gasteiger partial charge in [-0.1, -0.05) is 6.07 Å². The van der Waals surface area contributed by atoms with Crippen LogP contribution < -0.4 is 14.8 Å². The van der Waals surface area contributed by atoms with Gasteiger partial charge in [0, 0.05) is 13.1 Å². The highest BCUT2D eigenvalue weighted by Gasteiger charge is 2.27. The molecule has 1 aromatic rings. The zero-order valence-electron chi connectivity index (χ0n) is 12.6. The van der Waals surface area contributed by atoms with E-state index in [2.05, 4.69) is 12.2 Å². The molecule has 0 spiro atoms. The van der Waals surface area contributed by atoms with Crippen molar-refractivity contribution in [1.82, 2.24) is 10.2 Å². The van der Waals surface area contributed by atoms with Gasteiger partial charge in [0.25, 0.3) is 0 Å². The molecule has 1 saturated heterocycles. The van der Waals surface area contributed by atoms with Gasteiger partial charge in [0.15, 0.2) is 11.5 Å². The molecular formula is C16H22N2O3. The lowest BCUT2D eigenvalue weighted by Gasteiger charge is -2.27. The standard InChI is InChI=1S/C16H22N2O3/c1-11(18(2)16(19)13-4-3-7-17-13)8-12-5-6-14-15(9-12)21-10-20-14/h5-6,9,11,13,17H,3-4,7-8,10H2,1-2H3. The molecule has 3 rings (SSSR count). The lowest BCUT2D eigenvalue weighted by Crippen LogP contribution is -2.46. The van der Waals surface area contributed by atoms with Crippen molar-refractivity contribution in [3.8, 4) is 11.5 Å². The average molecular weight is 290 g/mol. The third kappa shape index (κ3) is 2.97. The maximum Gasteiger partial charge on any atom is 0.239 e. The van der Waals surface area contributed by atoms with E-state index < -0.39 is 0 Å². The van der Waals surface area contributed by atoms with Crippen LogP contribution in [0, 0.1) is 0 Å². The number of ether oxygens (including phenoxy) is 2. The van der Waals surface area contributed by atoms with E-state index in [1.165, 1.54) is 0 Å². The molecule has 0 bridgehead atoms. The second-order valence-electron chi connectivity index (χ2n) is 5.84. The van der Waals surface area contributed by atoms with Crippen LogP contribution in [0.15, 0.2) is 18.2 Å². The van der Waals surface area contributed by atoms with Crippen LogP contribution in [-0.4, -0.2) is 43.3 Å². The Kier molecular flexibility index (Phi) is 4.01. The molecule has 0 saturated carbocycles. The molecule has 21 heavy (non-hydrogen) atoms. The molecule has 0 aliphatic carbocycles. The molecule has 0 aromatic heterocycles. The SMILES string of the molecule is CC(Cc1ccc2c(c1)OCO2)N(C)C(=O)C1CCCN1. The number of carbonyl (C=O) groups excluding carboxylic acids is 1. The molecule has 2 unspecified atom stereocenters. The Hall–Kier alpha value is -1.75. The van der Waals surface area contributed by atoms with Gasteiger partial charge in [0.1, 0.15) is 0 Å². The molecule has 1 fully saturated rings. The van der Waals surface area contributed by atoms with Crippen molar-refractivity contribution < 1.29 is 14.3 Å². The molecule has 0 radical (unpaired) electrons. The zero-order valence-corrected chi connectivity index (χ0v) is 12.6. The van der Waals surface area contributed by atoms with E-state index in [9.17, 15) is 4.79 Å². The number of nitrogens with zero attached hydrogens (tertiary/aromatic N) is 1. The monoisotopic (exact) mass is 290 g/mol. The maximum absolute atomic E-state index is 12.4. The minimum absolute atomic E-state index is 0.00537. The van der Waals surface area contributed by atoms with Crippen LogP contribution >= 0.6 is 0 Å². The number of benzene rings is 1. The number of rotatable bonds is 4. The van der Waals surface area contributed by atoms with Gasteiger partial charge in [-0.2, -0.15) is 0 Å². The minimum atomic E-state index is -0.00537. The first kappa shape index (κ1) is 14.2. The summed E-state index contributed by atoms with van der Waals surface area (Å²) in [4.78, 5) is 14.2. The average Bonchev–Trinajstić information content (AvgIpc) is 3.16. The predicted molar refractivity (Wildman–Crippen MR) is 79.5 cm³/mol. The van der Waals surface area contributed by atoms with Crippen LogP contribution in [0.5, 0.6) is 11.5 Å². The van der Waals surface area contributed by atoms with E-state index in [1.54, 1.807) is 0 Å². The van der Waals surface area contributed by atoms with Crippen LogP contribution in [0.2, 0.25) is 0 Å². The van der Waals surface area contributed by atoms with E-state index >= 15 is 0 Å². The Labute approximate surface area is 125 Å². The lowest BCUT2D eigenvalue weighted by molar-refractivity contribution is -0.133. The number of hydrogen-bond acceptors (Lipinski definition) is 4. The highest BCUT2D eigenvalue weighted by atomic mass is 16.7. The van der Waals surface area contributed by atoms with Crippen molar-refractivity contribution in [2.45, 2.75) is 38.3 Å². The molecule has 1 amide bonds. The normalized spacial score (nSPS) is 21.3. The van der Waals surface area contributed by atoms with Gasteiger partial charge < -0.3 is 19.7 Å². The Bertz CT molecular complexity index is 526. The molecule has 2 aliphatic rings. The van der Waals surface area contributed by atoms with Crippen LogP contribution in [0.25, 0.3) is 0 Å². The zero-order chi connectivity index (χ0) is 14.8. The first-order valence-corrected chi connectivity index (χ1v) is 7.54. The molecule has 2 atom stereocenters. The van der Waals surface area contributed by atoms with Gasteiger partial charge in [-0.15, -0.1) is 0 Å². The largest absolute Gasteiger partial charge is 0.454 e. The summed E-state index contributed by atoms with van der Waals surface area (Å²) in [5, 5.41) is 3.26. The van der Waals surface area contributed by atoms with E-state index in [0.717, 1.165) is 42.9 Å². The smallest absolute Gasteiger partial charge is 0.239 e. The van der Waals surface area contributed by atoms with E-state index in [-0.39, 0.29) is 18.0 Å². The molecular weight excluding hydrogens is 268 g/mol. The number of amides is 1. The van der Waals surface area contributed by atoms with Gasteiger partial charge in [-0.25, -0.2) is 0 Å². The highest BCUT2D eigenvalue weighted by molar-refractivity contribution is 5.82. The van der Waals surface area contributed by atoms with Crippen molar-refractivity contribution in [1.29, 1.82) is 0 Å². The van der Waals surface area contributed by atoms with Crippen molar-refractivity contribution in [3.05, 3.63) is 23.8 Å². The third-order valence-corrected chi connectivity index (χ3v) is 4.34. The molecule has 2 aliphatic heterocycles. The van der Waals surface area contributed by atoms with Crippen molar-refractivity contribution in [3.63, 3.8) is 0 Å². The summed E-state index contributed by atoms with van der Waals surface area (Å²) in [6, 6.07) is 6.13. The first-order chi connectivity index (χ1) is 10.1. The van der Waals surface area contributed by atoms with Crippen molar-refractivity contribution >= 4 is 5.91 Å². The fourth-order valence-corrected chi connectivity index (χ4v) is 2.90. The van der Waals surface area contributed by atoms with Gasteiger partial charge >= 0.3 is 0 Å². The molecule has 2 heterocycles. The molecule has 5 nitrogen and oxygen atoms in total. The Balaban J connectivity index is 1.62. The van der Waals surface area contributed by atoms with Crippen LogP contribution in [0.4, 0.5) is 0 Å². The summed E-state index contributed by atoms with van der Waals surface area (Å²) in [7, 11) is 1.89. The summed E-state index contributed by atoms with van der Waals surface area (Å²) >= 11 is 0. The van der Waals surface area contributed by atoms with Crippen molar-refractivity contribution in [2.24, 2.45) is 0 Å². The van der Waals surface area contributed by atoms with Crippen LogP contribution in [0.1, 0.15) is 25.3 Å². The highest BCUT2D eigenvalue weighted by Crippen LogP contribution is 2.33. The summed E-state index contributed by atoms with van der Waals surface area (Å²) in [5.74, 6) is 1.79. The Morgan fingerprint density at radius 1 is 1.43 bits per heavy atom.